The molecule has 2 N–H and O–H groups in total. The van der Waals surface area contributed by atoms with Gasteiger partial charge in [0.05, 0.1) is 5.52 Å². The molecule has 0 aliphatic heterocycles. The van der Waals surface area contributed by atoms with Crippen LogP contribution in [0.15, 0.2) is 16.6 Å². The fraction of sp³-hybridized carbons (Fsp3) is 0.357. The van der Waals surface area contributed by atoms with Crippen LogP contribution in [0.25, 0.3) is 10.9 Å². The molecule has 0 aliphatic rings. The number of hydrogen-bond acceptors (Lipinski definition) is 2. The lowest BCUT2D eigenvalue weighted by Crippen LogP contribution is -1.99. The van der Waals surface area contributed by atoms with Crippen LogP contribution in [-0.2, 0) is 0 Å². The van der Waals surface area contributed by atoms with Crippen LogP contribution >= 0.6 is 15.9 Å². The average molecular weight is 293 g/mol. The van der Waals surface area contributed by atoms with Gasteiger partial charge in [-0.25, -0.2) is 0 Å². The van der Waals surface area contributed by atoms with E-state index in [9.17, 15) is 0 Å². The fourth-order valence-corrected chi connectivity index (χ4v) is 2.40. The van der Waals surface area contributed by atoms with Crippen molar-refractivity contribution in [1.29, 1.82) is 0 Å². The Morgan fingerprint density at radius 3 is 2.47 bits per heavy atom. The highest BCUT2D eigenvalue weighted by Gasteiger charge is 2.12. The van der Waals surface area contributed by atoms with E-state index in [2.05, 4.69) is 49.7 Å². The van der Waals surface area contributed by atoms with Crippen LogP contribution in [0.1, 0.15) is 36.6 Å². The molecule has 2 rings (SSSR count). The molecule has 0 radical (unpaired) electrons. The quantitative estimate of drug-likeness (QED) is 0.850. The normalized spacial score (nSPS) is 11.4. The zero-order valence-electron chi connectivity index (χ0n) is 10.6. The predicted molar refractivity (Wildman–Crippen MR) is 77.4 cm³/mol. The second kappa shape index (κ2) is 4.30. The van der Waals surface area contributed by atoms with Crippen molar-refractivity contribution in [2.75, 3.05) is 5.73 Å². The largest absolute Gasteiger partial charge is 0.398 e. The number of fused-ring (bicyclic) bond motifs is 1. The summed E-state index contributed by atoms with van der Waals surface area (Å²) >= 11 is 3.60. The molecule has 17 heavy (non-hydrogen) atoms. The van der Waals surface area contributed by atoms with Gasteiger partial charge in [-0.15, -0.1) is 0 Å². The van der Waals surface area contributed by atoms with E-state index in [4.69, 9.17) is 10.7 Å². The smallest absolute Gasteiger partial charge is 0.0732 e. The van der Waals surface area contributed by atoms with Gasteiger partial charge in [0.2, 0.25) is 0 Å². The van der Waals surface area contributed by atoms with Crippen LogP contribution in [0.4, 0.5) is 5.69 Å². The highest BCUT2D eigenvalue weighted by atomic mass is 79.9. The minimum absolute atomic E-state index is 0.394. The number of nitrogens with zero attached hydrogens (tertiary/aromatic N) is 1. The Kier molecular flexibility index (Phi) is 3.13. The maximum absolute atomic E-state index is 6.15. The van der Waals surface area contributed by atoms with E-state index in [-0.39, 0.29) is 0 Å². The number of anilines is 1. The van der Waals surface area contributed by atoms with E-state index in [0.29, 0.717) is 5.92 Å². The lowest BCUT2D eigenvalue weighted by atomic mass is 10.0. The van der Waals surface area contributed by atoms with Crippen molar-refractivity contribution >= 4 is 32.5 Å². The van der Waals surface area contributed by atoms with Crippen molar-refractivity contribution in [3.63, 3.8) is 0 Å². The Balaban J connectivity index is 2.87. The van der Waals surface area contributed by atoms with Crippen LogP contribution < -0.4 is 5.73 Å². The molecule has 0 fully saturated rings. The van der Waals surface area contributed by atoms with E-state index in [0.717, 1.165) is 26.8 Å². The van der Waals surface area contributed by atoms with Crippen LogP contribution in [-0.4, -0.2) is 4.98 Å². The van der Waals surface area contributed by atoms with Crippen molar-refractivity contribution in [2.24, 2.45) is 0 Å². The molecule has 0 amide bonds. The van der Waals surface area contributed by atoms with Gasteiger partial charge in [-0.05, 0) is 43.0 Å². The molecule has 0 unspecified atom stereocenters. The molecule has 0 atom stereocenters. The number of nitrogen functional groups attached to an aromatic ring is 1. The predicted octanol–water partition coefficient (Wildman–Crippen LogP) is 4.32. The average Bonchev–Trinajstić information content (AvgIpc) is 2.25. The molecular formula is C14H17BrN2. The summed E-state index contributed by atoms with van der Waals surface area (Å²) in [5.41, 5.74) is 11.4. The number of hydrogen-bond donors (Lipinski definition) is 1. The molecule has 1 aromatic carbocycles. The van der Waals surface area contributed by atoms with E-state index in [1.807, 2.05) is 6.07 Å². The first-order chi connectivity index (χ1) is 7.91. The zero-order chi connectivity index (χ0) is 12.7. The Morgan fingerprint density at radius 2 is 1.88 bits per heavy atom. The summed E-state index contributed by atoms with van der Waals surface area (Å²) in [6, 6.07) is 4.08. The third-order valence-electron chi connectivity index (χ3n) is 3.09. The first kappa shape index (κ1) is 12.4. The molecule has 0 bridgehead atoms. The topological polar surface area (TPSA) is 38.9 Å². The van der Waals surface area contributed by atoms with Gasteiger partial charge in [0.25, 0.3) is 0 Å². The first-order valence-electron chi connectivity index (χ1n) is 5.77. The highest BCUT2D eigenvalue weighted by Crippen LogP contribution is 2.33. The van der Waals surface area contributed by atoms with Gasteiger partial charge in [-0.3, -0.25) is 4.98 Å². The molecule has 0 saturated heterocycles. The molecule has 90 valence electrons. The Labute approximate surface area is 110 Å². The SMILES string of the molecule is Cc1cc2nc(C(C)C)cc(N)c2c(C)c1Br. The molecule has 2 aromatic rings. The summed E-state index contributed by atoms with van der Waals surface area (Å²) in [6.07, 6.45) is 0. The van der Waals surface area contributed by atoms with Crippen LogP contribution in [0.5, 0.6) is 0 Å². The Hall–Kier alpha value is -1.09. The minimum Gasteiger partial charge on any atom is -0.398 e. The van der Waals surface area contributed by atoms with Crippen LogP contribution in [0.2, 0.25) is 0 Å². The number of rotatable bonds is 1. The van der Waals surface area contributed by atoms with Crippen LogP contribution in [0, 0.1) is 13.8 Å². The van der Waals surface area contributed by atoms with Crippen LogP contribution in [0.3, 0.4) is 0 Å². The van der Waals surface area contributed by atoms with Gasteiger partial charge >= 0.3 is 0 Å². The summed E-state index contributed by atoms with van der Waals surface area (Å²) in [5.74, 6) is 0.394. The second-order valence-corrected chi connectivity index (χ2v) is 5.61. The van der Waals surface area contributed by atoms with Gasteiger partial charge in [0.15, 0.2) is 0 Å². The van der Waals surface area contributed by atoms with Gasteiger partial charge in [0, 0.05) is 21.2 Å². The molecule has 0 saturated carbocycles. The fourth-order valence-electron chi connectivity index (χ4n) is 2.09. The summed E-state index contributed by atoms with van der Waals surface area (Å²) in [7, 11) is 0. The standard InChI is InChI=1S/C14H17BrN2/c1-7(2)11-6-10(16)13-9(4)14(15)8(3)5-12(13)17-11/h5-7H,1-4H3,(H2,16,17). The number of halogens is 1. The van der Waals surface area contributed by atoms with Crippen molar-refractivity contribution < 1.29 is 0 Å². The zero-order valence-corrected chi connectivity index (χ0v) is 12.2. The van der Waals surface area contributed by atoms with E-state index in [1.54, 1.807) is 0 Å². The van der Waals surface area contributed by atoms with Gasteiger partial charge in [-0.1, -0.05) is 29.8 Å². The van der Waals surface area contributed by atoms with Crippen molar-refractivity contribution in [2.45, 2.75) is 33.6 Å². The number of aromatic nitrogens is 1. The number of pyridine rings is 1. The second-order valence-electron chi connectivity index (χ2n) is 4.82. The summed E-state index contributed by atoms with van der Waals surface area (Å²) in [4.78, 5) is 4.70. The first-order valence-corrected chi connectivity index (χ1v) is 6.57. The molecule has 2 nitrogen and oxygen atoms in total. The summed E-state index contributed by atoms with van der Waals surface area (Å²) in [6.45, 7) is 8.42. The minimum atomic E-state index is 0.394. The molecular weight excluding hydrogens is 276 g/mol. The van der Waals surface area contributed by atoms with E-state index < -0.39 is 0 Å². The maximum Gasteiger partial charge on any atom is 0.0732 e. The lowest BCUT2D eigenvalue weighted by molar-refractivity contribution is 0.830. The third kappa shape index (κ3) is 2.04. The molecule has 0 aliphatic carbocycles. The summed E-state index contributed by atoms with van der Waals surface area (Å²) in [5, 5.41) is 1.06. The Morgan fingerprint density at radius 1 is 1.24 bits per heavy atom. The van der Waals surface area contributed by atoms with Crippen molar-refractivity contribution in [3.8, 4) is 0 Å². The van der Waals surface area contributed by atoms with Crippen molar-refractivity contribution in [1.82, 2.24) is 4.98 Å². The van der Waals surface area contributed by atoms with E-state index >= 15 is 0 Å². The van der Waals surface area contributed by atoms with Crippen molar-refractivity contribution in [3.05, 3.63) is 33.4 Å². The Bertz CT molecular complexity index is 589. The number of aryl methyl sites for hydroxylation is 2. The molecule has 3 heteroatoms. The number of benzene rings is 1. The monoisotopic (exact) mass is 292 g/mol. The third-order valence-corrected chi connectivity index (χ3v) is 4.31. The molecule has 0 spiro atoms. The molecule has 1 heterocycles. The molecule has 1 aromatic heterocycles. The van der Waals surface area contributed by atoms with Gasteiger partial charge in [0.1, 0.15) is 0 Å². The highest BCUT2D eigenvalue weighted by molar-refractivity contribution is 9.10. The van der Waals surface area contributed by atoms with Gasteiger partial charge in [-0.2, -0.15) is 0 Å². The van der Waals surface area contributed by atoms with E-state index in [1.165, 1.54) is 11.1 Å². The maximum atomic E-state index is 6.15. The lowest BCUT2D eigenvalue weighted by Gasteiger charge is -2.13. The van der Waals surface area contributed by atoms with Gasteiger partial charge < -0.3 is 5.73 Å². The number of nitrogens with two attached hydrogens (primary N) is 1. The summed E-state index contributed by atoms with van der Waals surface area (Å²) < 4.78 is 1.12.